The van der Waals surface area contributed by atoms with Crippen LogP contribution in [0.4, 0.5) is 10.5 Å². The number of fused-ring (bicyclic) bond motifs is 1. The number of rotatable bonds is 3. The molecular weight excluding hydrogens is 374 g/mol. The molecule has 1 aromatic heterocycles. The van der Waals surface area contributed by atoms with Gasteiger partial charge in [-0.15, -0.1) is 11.3 Å². The van der Waals surface area contributed by atoms with Crippen LogP contribution in [0, 0.1) is 0 Å². The van der Waals surface area contributed by atoms with Crippen LogP contribution in [0.15, 0.2) is 48.5 Å². The Labute approximate surface area is 167 Å². The minimum Gasteiger partial charge on any atom is -0.465 e. The lowest BCUT2D eigenvalue weighted by Crippen LogP contribution is -2.40. The highest BCUT2D eigenvalue weighted by Gasteiger charge is 2.26. The van der Waals surface area contributed by atoms with Gasteiger partial charge in [-0.25, -0.2) is 14.6 Å². The van der Waals surface area contributed by atoms with E-state index < -0.39 is 5.97 Å². The molecule has 0 atom stereocenters. The molecule has 0 saturated carbocycles. The molecule has 3 aromatic rings. The number of aromatic nitrogens is 1. The molecule has 1 fully saturated rings. The van der Waals surface area contributed by atoms with Gasteiger partial charge in [0.1, 0.15) is 0 Å². The van der Waals surface area contributed by atoms with Gasteiger partial charge >= 0.3 is 12.0 Å². The molecule has 2 amide bonds. The first-order chi connectivity index (χ1) is 13.6. The molecule has 28 heavy (non-hydrogen) atoms. The molecule has 144 valence electrons. The molecule has 1 aliphatic heterocycles. The highest BCUT2D eigenvalue weighted by molar-refractivity contribution is 7.18. The zero-order chi connectivity index (χ0) is 19.5. The Hall–Kier alpha value is -2.93. The Balaban J connectivity index is 1.34. The van der Waals surface area contributed by atoms with Crippen LogP contribution in [0.1, 0.15) is 34.1 Å². The second-order valence-electron chi connectivity index (χ2n) is 6.78. The smallest absolute Gasteiger partial charge is 0.337 e. The molecule has 0 radical (unpaired) electrons. The molecule has 2 heterocycles. The number of amides is 2. The van der Waals surface area contributed by atoms with E-state index in [2.05, 4.69) is 16.1 Å². The predicted octanol–water partition coefficient (Wildman–Crippen LogP) is 4.49. The van der Waals surface area contributed by atoms with E-state index in [0.29, 0.717) is 30.3 Å². The van der Waals surface area contributed by atoms with Gasteiger partial charge in [-0.05, 0) is 49.2 Å². The Bertz CT molecular complexity index is 959. The van der Waals surface area contributed by atoms with Crippen molar-refractivity contribution in [3.05, 3.63) is 59.1 Å². The molecule has 0 bridgehead atoms. The number of likely N-dealkylation sites (tertiary alicyclic amines) is 1. The van der Waals surface area contributed by atoms with E-state index in [4.69, 9.17) is 4.98 Å². The summed E-state index contributed by atoms with van der Waals surface area (Å²) in [6.07, 6.45) is 1.82. The van der Waals surface area contributed by atoms with Gasteiger partial charge in [-0.1, -0.05) is 12.1 Å². The summed E-state index contributed by atoms with van der Waals surface area (Å²) in [4.78, 5) is 30.6. The van der Waals surface area contributed by atoms with Gasteiger partial charge in [-0.2, -0.15) is 0 Å². The topological polar surface area (TPSA) is 71.5 Å². The van der Waals surface area contributed by atoms with Crippen LogP contribution in [0.2, 0.25) is 0 Å². The first kappa shape index (κ1) is 18.4. The number of nitrogens with one attached hydrogen (secondary N) is 1. The molecule has 0 unspecified atom stereocenters. The number of urea groups is 1. The number of anilines is 1. The molecule has 1 saturated heterocycles. The number of hydrogen-bond acceptors (Lipinski definition) is 5. The maximum absolute atomic E-state index is 12.5. The number of hydrogen-bond donors (Lipinski definition) is 1. The molecule has 6 nitrogen and oxygen atoms in total. The number of methoxy groups -OCH3 is 1. The average molecular weight is 395 g/mol. The third kappa shape index (κ3) is 3.84. The van der Waals surface area contributed by atoms with Crippen LogP contribution in [0.3, 0.4) is 0 Å². The number of benzene rings is 2. The maximum atomic E-state index is 12.5. The van der Waals surface area contributed by atoms with E-state index in [1.54, 1.807) is 35.6 Å². The van der Waals surface area contributed by atoms with Gasteiger partial charge in [0.05, 0.1) is 27.9 Å². The lowest BCUT2D eigenvalue weighted by atomic mass is 9.98. The summed E-state index contributed by atoms with van der Waals surface area (Å²) in [6, 6.07) is 14.8. The highest BCUT2D eigenvalue weighted by atomic mass is 32.1. The van der Waals surface area contributed by atoms with Crippen molar-refractivity contribution in [3.63, 3.8) is 0 Å². The number of thiazole rings is 1. The second-order valence-corrected chi connectivity index (χ2v) is 7.84. The largest absolute Gasteiger partial charge is 0.465 e. The Morgan fingerprint density at radius 3 is 2.50 bits per heavy atom. The van der Waals surface area contributed by atoms with Crippen molar-refractivity contribution in [2.24, 2.45) is 0 Å². The van der Waals surface area contributed by atoms with Crippen molar-refractivity contribution in [2.45, 2.75) is 18.8 Å². The predicted molar refractivity (Wildman–Crippen MR) is 110 cm³/mol. The van der Waals surface area contributed by atoms with Gasteiger partial charge in [0.25, 0.3) is 0 Å². The van der Waals surface area contributed by atoms with E-state index in [9.17, 15) is 9.59 Å². The van der Waals surface area contributed by atoms with E-state index in [-0.39, 0.29) is 6.03 Å². The summed E-state index contributed by atoms with van der Waals surface area (Å²) in [7, 11) is 1.34. The van der Waals surface area contributed by atoms with E-state index in [1.165, 1.54) is 16.8 Å². The van der Waals surface area contributed by atoms with Crippen LogP contribution >= 0.6 is 11.3 Å². The number of esters is 1. The Morgan fingerprint density at radius 2 is 1.82 bits per heavy atom. The number of carbonyl (C=O) groups excluding carboxylic acids is 2. The van der Waals surface area contributed by atoms with Crippen molar-refractivity contribution < 1.29 is 14.3 Å². The van der Waals surface area contributed by atoms with Crippen LogP contribution in [-0.4, -0.2) is 42.1 Å². The minimum absolute atomic E-state index is 0.117. The van der Waals surface area contributed by atoms with Gasteiger partial charge in [0, 0.05) is 24.7 Å². The number of nitrogens with zero attached hydrogens (tertiary/aromatic N) is 2. The molecule has 4 rings (SSSR count). The zero-order valence-electron chi connectivity index (χ0n) is 15.6. The summed E-state index contributed by atoms with van der Waals surface area (Å²) >= 11 is 1.75. The quantitative estimate of drug-likeness (QED) is 0.663. The van der Waals surface area contributed by atoms with Crippen molar-refractivity contribution in [1.29, 1.82) is 0 Å². The van der Waals surface area contributed by atoms with E-state index in [0.717, 1.165) is 18.4 Å². The van der Waals surface area contributed by atoms with Gasteiger partial charge in [0.15, 0.2) is 0 Å². The monoisotopic (exact) mass is 395 g/mol. The number of ether oxygens (including phenoxy) is 1. The van der Waals surface area contributed by atoms with Crippen molar-refractivity contribution >= 4 is 39.2 Å². The number of para-hydroxylation sites is 1. The number of piperidine rings is 1. The van der Waals surface area contributed by atoms with Gasteiger partial charge < -0.3 is 15.0 Å². The zero-order valence-corrected chi connectivity index (χ0v) is 16.4. The summed E-state index contributed by atoms with van der Waals surface area (Å²) in [5, 5.41) is 4.06. The molecular formula is C21H21N3O3S. The molecule has 0 aliphatic carbocycles. The normalized spacial score (nSPS) is 14.8. The molecule has 1 aliphatic rings. The van der Waals surface area contributed by atoms with Crippen LogP contribution < -0.4 is 5.32 Å². The fourth-order valence-electron chi connectivity index (χ4n) is 3.40. The first-order valence-corrected chi connectivity index (χ1v) is 10.1. The summed E-state index contributed by atoms with van der Waals surface area (Å²) in [5.41, 5.74) is 2.17. The SMILES string of the molecule is COC(=O)c1ccc(NC(=O)N2CCC(c3nc4ccccc4s3)CC2)cc1. The molecule has 2 aromatic carbocycles. The van der Waals surface area contributed by atoms with Gasteiger partial charge in [-0.3, -0.25) is 0 Å². The first-order valence-electron chi connectivity index (χ1n) is 9.24. The second kappa shape index (κ2) is 7.98. The summed E-state index contributed by atoms with van der Waals surface area (Å²) < 4.78 is 5.90. The minimum atomic E-state index is -0.394. The van der Waals surface area contributed by atoms with Crippen molar-refractivity contribution in [2.75, 3.05) is 25.5 Å². The fourth-order valence-corrected chi connectivity index (χ4v) is 4.54. The third-order valence-corrected chi connectivity index (χ3v) is 6.20. The van der Waals surface area contributed by atoms with Crippen LogP contribution in [-0.2, 0) is 4.74 Å². The molecule has 0 spiro atoms. The van der Waals surface area contributed by atoms with E-state index >= 15 is 0 Å². The van der Waals surface area contributed by atoms with Crippen LogP contribution in [0.25, 0.3) is 10.2 Å². The van der Waals surface area contributed by atoms with Gasteiger partial charge in [0.2, 0.25) is 0 Å². The molecule has 7 heteroatoms. The Morgan fingerprint density at radius 1 is 1.11 bits per heavy atom. The fraction of sp³-hybridized carbons (Fsp3) is 0.286. The standard InChI is InChI=1S/C21H21N3O3S/c1-27-20(25)15-6-8-16(9-7-15)22-21(26)24-12-10-14(11-13-24)19-23-17-4-2-3-5-18(17)28-19/h2-9,14H,10-13H2,1H3,(H,22,26). The van der Waals surface area contributed by atoms with E-state index in [1.807, 2.05) is 23.1 Å². The van der Waals surface area contributed by atoms with Crippen LogP contribution in [0.5, 0.6) is 0 Å². The van der Waals surface area contributed by atoms with Crippen molar-refractivity contribution in [3.8, 4) is 0 Å². The Kier molecular flexibility index (Phi) is 5.25. The lowest BCUT2D eigenvalue weighted by molar-refractivity contribution is 0.0600. The summed E-state index contributed by atoms with van der Waals surface area (Å²) in [6.45, 7) is 1.40. The lowest BCUT2D eigenvalue weighted by Gasteiger charge is -2.31. The van der Waals surface area contributed by atoms with Crippen molar-refractivity contribution in [1.82, 2.24) is 9.88 Å². The number of carbonyl (C=O) groups is 2. The average Bonchev–Trinajstić information content (AvgIpc) is 3.18. The summed E-state index contributed by atoms with van der Waals surface area (Å²) in [5.74, 6) is 0.00980. The maximum Gasteiger partial charge on any atom is 0.337 e. The molecule has 1 N–H and O–H groups in total. The highest BCUT2D eigenvalue weighted by Crippen LogP contribution is 2.33. The third-order valence-electron chi connectivity index (χ3n) is 5.00.